The first-order valence-corrected chi connectivity index (χ1v) is 15.5. The van der Waals surface area contributed by atoms with Gasteiger partial charge >= 0.3 is 17.9 Å². The van der Waals surface area contributed by atoms with Crippen LogP contribution in [-0.2, 0) is 14.4 Å². The fourth-order valence-electron chi connectivity index (χ4n) is 5.19. The molecular weight excluding hydrogens is 482 g/mol. The van der Waals surface area contributed by atoms with E-state index in [-0.39, 0.29) is 19.3 Å². The highest BCUT2D eigenvalue weighted by atomic mass is 16.4. The van der Waals surface area contributed by atoms with E-state index in [0.29, 0.717) is 19.3 Å². The summed E-state index contributed by atoms with van der Waals surface area (Å²) in [7, 11) is 0. The highest BCUT2D eigenvalue weighted by Gasteiger charge is 2.26. The van der Waals surface area contributed by atoms with Gasteiger partial charge in [0.2, 0.25) is 0 Å². The molecule has 0 aliphatic rings. The monoisotopic (exact) mass is 540 g/mol. The van der Waals surface area contributed by atoms with Crippen molar-refractivity contribution in [3.8, 4) is 0 Å². The number of allylic oxidation sites excluding steroid dienone is 2. The van der Waals surface area contributed by atoms with Crippen molar-refractivity contribution in [2.75, 3.05) is 26.2 Å². The molecule has 7 nitrogen and oxygen atoms in total. The maximum Gasteiger partial charge on any atom is 0.303 e. The minimum atomic E-state index is -0.775. The predicted octanol–water partition coefficient (Wildman–Crippen LogP) is 7.83. The molecule has 3 N–H and O–H groups in total. The summed E-state index contributed by atoms with van der Waals surface area (Å²) in [4.78, 5) is 32.9. The average Bonchev–Trinajstić information content (AvgIpc) is 2.87. The summed E-state index contributed by atoms with van der Waals surface area (Å²) in [6.45, 7) is 5.83. The van der Waals surface area contributed by atoms with Gasteiger partial charge in [-0.15, -0.1) is 0 Å². The third kappa shape index (κ3) is 24.4. The van der Waals surface area contributed by atoms with Crippen molar-refractivity contribution in [2.24, 2.45) is 0 Å². The van der Waals surface area contributed by atoms with Crippen LogP contribution in [-0.4, -0.2) is 63.9 Å². The standard InChI is InChI=1S/C31H57NO6/c1-2-3-4-5-6-7-8-9-10-11-12-13-14-18-25-32(26-19-15-22-29(33)34,27-20-16-23-30(35)36)28-21-17-24-31(37)38/h12-13H,2-11,14-28H2,1H3,(H2-,33,34,35,36,37,38)/p+1/b13-12+. The minimum Gasteiger partial charge on any atom is -0.481 e. The zero-order valence-corrected chi connectivity index (χ0v) is 24.3. The largest absolute Gasteiger partial charge is 0.481 e. The quantitative estimate of drug-likeness (QED) is 0.0506. The third-order valence-electron chi connectivity index (χ3n) is 7.46. The molecule has 7 heteroatoms. The lowest BCUT2D eigenvalue weighted by Gasteiger charge is -2.39. The van der Waals surface area contributed by atoms with E-state index in [1.165, 1.54) is 57.8 Å². The minimum absolute atomic E-state index is 0.166. The van der Waals surface area contributed by atoms with Gasteiger partial charge in [0.1, 0.15) is 0 Å². The van der Waals surface area contributed by atoms with E-state index in [0.717, 1.165) is 69.2 Å². The molecule has 0 atom stereocenters. The van der Waals surface area contributed by atoms with E-state index in [4.69, 9.17) is 15.3 Å². The van der Waals surface area contributed by atoms with Gasteiger partial charge in [-0.05, 0) is 57.8 Å². The Kier molecular flexibility index (Phi) is 24.1. The Morgan fingerprint density at radius 1 is 0.474 bits per heavy atom. The zero-order valence-electron chi connectivity index (χ0n) is 24.3. The van der Waals surface area contributed by atoms with Crippen LogP contribution >= 0.6 is 0 Å². The predicted molar refractivity (Wildman–Crippen MR) is 154 cm³/mol. The van der Waals surface area contributed by atoms with Crippen molar-refractivity contribution in [2.45, 2.75) is 142 Å². The van der Waals surface area contributed by atoms with Crippen molar-refractivity contribution >= 4 is 17.9 Å². The highest BCUT2D eigenvalue weighted by Crippen LogP contribution is 2.19. The van der Waals surface area contributed by atoms with E-state index < -0.39 is 17.9 Å². The molecule has 0 saturated heterocycles. The topological polar surface area (TPSA) is 112 Å². The second kappa shape index (κ2) is 25.4. The Morgan fingerprint density at radius 2 is 0.816 bits per heavy atom. The molecule has 0 saturated carbocycles. The Balaban J connectivity index is 4.62. The Hall–Kier alpha value is -1.89. The molecule has 0 aliphatic heterocycles. The van der Waals surface area contributed by atoms with Crippen molar-refractivity contribution < 1.29 is 34.2 Å². The molecule has 0 aromatic heterocycles. The molecule has 0 fully saturated rings. The summed E-state index contributed by atoms with van der Waals surface area (Å²) in [5, 5.41) is 27.0. The van der Waals surface area contributed by atoms with E-state index >= 15 is 0 Å². The molecule has 0 aromatic rings. The van der Waals surface area contributed by atoms with Gasteiger partial charge in [0.15, 0.2) is 0 Å². The number of nitrogens with zero attached hydrogens (tertiary/aromatic N) is 1. The van der Waals surface area contributed by atoms with Crippen LogP contribution in [0.5, 0.6) is 0 Å². The average molecular weight is 541 g/mol. The first kappa shape index (κ1) is 36.1. The van der Waals surface area contributed by atoms with Gasteiger partial charge in [0.05, 0.1) is 26.2 Å². The molecule has 0 amide bonds. The maximum absolute atomic E-state index is 11.0. The summed E-state index contributed by atoms with van der Waals surface area (Å²) in [5.74, 6) is -2.32. The van der Waals surface area contributed by atoms with Crippen LogP contribution in [0.1, 0.15) is 142 Å². The first-order valence-electron chi connectivity index (χ1n) is 15.5. The summed E-state index contributed by atoms with van der Waals surface area (Å²) < 4.78 is 0.838. The van der Waals surface area contributed by atoms with Crippen molar-refractivity contribution in [1.29, 1.82) is 0 Å². The van der Waals surface area contributed by atoms with Gasteiger partial charge in [0, 0.05) is 25.7 Å². The Morgan fingerprint density at radius 3 is 1.21 bits per heavy atom. The second-order valence-corrected chi connectivity index (χ2v) is 11.0. The van der Waals surface area contributed by atoms with Crippen LogP contribution in [0, 0.1) is 0 Å². The maximum atomic E-state index is 11.0. The molecular formula is C31H58NO6+. The summed E-state index contributed by atoms with van der Waals surface area (Å²) >= 11 is 0. The summed E-state index contributed by atoms with van der Waals surface area (Å²) in [5.41, 5.74) is 0. The number of quaternary nitrogens is 1. The molecule has 0 unspecified atom stereocenters. The van der Waals surface area contributed by atoms with Crippen LogP contribution in [0.15, 0.2) is 12.2 Å². The van der Waals surface area contributed by atoms with Gasteiger partial charge in [-0.2, -0.15) is 0 Å². The van der Waals surface area contributed by atoms with Crippen molar-refractivity contribution in [3.05, 3.63) is 12.2 Å². The van der Waals surface area contributed by atoms with Crippen LogP contribution in [0.4, 0.5) is 0 Å². The normalized spacial score (nSPS) is 11.8. The molecule has 0 bridgehead atoms. The van der Waals surface area contributed by atoms with Crippen molar-refractivity contribution in [1.82, 2.24) is 0 Å². The molecule has 0 aliphatic carbocycles. The van der Waals surface area contributed by atoms with Gasteiger partial charge in [-0.1, -0.05) is 70.4 Å². The van der Waals surface area contributed by atoms with E-state index in [2.05, 4.69) is 19.1 Å². The summed E-state index contributed by atoms with van der Waals surface area (Å²) in [6, 6.07) is 0. The van der Waals surface area contributed by atoms with Gasteiger partial charge in [-0.25, -0.2) is 0 Å². The summed E-state index contributed by atoms with van der Waals surface area (Å²) in [6.07, 6.45) is 24.7. The molecule has 222 valence electrons. The molecule has 0 heterocycles. The fourth-order valence-corrected chi connectivity index (χ4v) is 5.19. The Labute approximate surface area is 232 Å². The number of hydrogen-bond acceptors (Lipinski definition) is 3. The number of aliphatic carboxylic acids is 3. The number of carbonyl (C=O) groups is 3. The van der Waals surface area contributed by atoms with Crippen LogP contribution < -0.4 is 0 Å². The lowest BCUT2D eigenvalue weighted by Crippen LogP contribution is -2.50. The molecule has 0 rings (SSSR count). The lowest BCUT2D eigenvalue weighted by atomic mass is 10.1. The SMILES string of the molecule is CCCCCCCCCCC/C=C/CCC[N+](CCCCC(=O)O)(CCCCC(=O)O)CCCCC(=O)O. The number of carboxylic acids is 3. The van der Waals surface area contributed by atoms with Crippen LogP contribution in [0.25, 0.3) is 0 Å². The number of hydrogen-bond donors (Lipinski definition) is 3. The smallest absolute Gasteiger partial charge is 0.303 e. The highest BCUT2D eigenvalue weighted by molar-refractivity contribution is 5.67. The first-order chi connectivity index (χ1) is 18.3. The number of unbranched alkanes of at least 4 members (excludes halogenated alkanes) is 13. The van der Waals surface area contributed by atoms with Crippen LogP contribution in [0.3, 0.4) is 0 Å². The number of carboxylic acid groups (broad SMARTS) is 3. The Bertz CT molecular complexity index is 579. The zero-order chi connectivity index (χ0) is 28.3. The van der Waals surface area contributed by atoms with Crippen molar-refractivity contribution in [3.63, 3.8) is 0 Å². The fraction of sp³-hybridized carbons (Fsp3) is 0.839. The van der Waals surface area contributed by atoms with Gasteiger partial charge in [-0.3, -0.25) is 14.4 Å². The molecule has 0 spiro atoms. The van der Waals surface area contributed by atoms with Gasteiger partial charge < -0.3 is 19.8 Å². The number of rotatable bonds is 29. The second-order valence-electron chi connectivity index (χ2n) is 11.0. The molecule has 0 radical (unpaired) electrons. The van der Waals surface area contributed by atoms with Gasteiger partial charge in [0.25, 0.3) is 0 Å². The van der Waals surface area contributed by atoms with E-state index in [1.807, 2.05) is 0 Å². The third-order valence-corrected chi connectivity index (χ3v) is 7.46. The molecule has 0 aromatic carbocycles. The van der Waals surface area contributed by atoms with E-state index in [1.54, 1.807) is 0 Å². The van der Waals surface area contributed by atoms with Crippen LogP contribution in [0.2, 0.25) is 0 Å². The van der Waals surface area contributed by atoms with E-state index in [9.17, 15) is 14.4 Å². The lowest BCUT2D eigenvalue weighted by molar-refractivity contribution is -0.929. The molecule has 38 heavy (non-hydrogen) atoms.